The largest absolute Gasteiger partial charge is 0.417 e. The van der Waals surface area contributed by atoms with Crippen molar-refractivity contribution in [2.24, 2.45) is 0 Å². The first kappa shape index (κ1) is 13.0. The van der Waals surface area contributed by atoms with E-state index in [9.17, 15) is 22.4 Å². The second kappa shape index (κ2) is 4.40. The van der Waals surface area contributed by atoms with Gasteiger partial charge in [0.2, 0.25) is 0 Å². The van der Waals surface area contributed by atoms with E-state index in [0.717, 1.165) is 0 Å². The Hall–Kier alpha value is -1.11. The van der Waals surface area contributed by atoms with E-state index in [4.69, 9.17) is 5.73 Å². The Morgan fingerprint density at radius 3 is 2.44 bits per heavy atom. The third-order valence-electron chi connectivity index (χ3n) is 1.94. The average Bonchev–Trinajstić information content (AvgIpc) is 2.16. The summed E-state index contributed by atoms with van der Waals surface area (Å²) in [7, 11) is 0. The number of carbonyl (C=O) groups is 1. The lowest BCUT2D eigenvalue weighted by molar-refractivity contribution is -0.138. The molecule has 2 nitrogen and oxygen atoms in total. The van der Waals surface area contributed by atoms with Crippen LogP contribution in [-0.2, 0) is 17.4 Å². The molecule has 0 saturated heterocycles. The van der Waals surface area contributed by atoms with Crippen LogP contribution in [0.1, 0.15) is 11.1 Å². The molecule has 0 aliphatic heterocycles. The van der Waals surface area contributed by atoms with Crippen LogP contribution in [0.2, 0.25) is 0 Å². The van der Waals surface area contributed by atoms with Gasteiger partial charge in [-0.15, -0.1) is 0 Å². The second-order valence-corrected chi connectivity index (χ2v) is 3.78. The minimum atomic E-state index is -4.70. The van der Waals surface area contributed by atoms with Gasteiger partial charge in [-0.3, -0.25) is 0 Å². The summed E-state index contributed by atoms with van der Waals surface area (Å²) in [6.45, 7) is 0. The number of rotatable bonds is 2. The smallest absolute Gasteiger partial charge is 0.398 e. The Balaban J connectivity index is 3.45. The van der Waals surface area contributed by atoms with Gasteiger partial charge < -0.3 is 10.5 Å². The normalized spacial score (nSPS) is 11.6. The molecule has 0 atom stereocenters. The molecule has 0 amide bonds. The zero-order valence-electron chi connectivity index (χ0n) is 7.74. The molecule has 0 bridgehead atoms. The standard InChI is InChI=1S/C9H6BrF4NO/c10-7-5(9(12,13)14)3-6(15)4(1-2-16)8(7)11/h2-3H,1,15H2. The summed E-state index contributed by atoms with van der Waals surface area (Å²) in [6, 6.07) is 0.603. The van der Waals surface area contributed by atoms with Gasteiger partial charge in [0, 0.05) is 17.7 Å². The van der Waals surface area contributed by atoms with E-state index >= 15 is 0 Å². The molecule has 0 fully saturated rings. The molecular formula is C9H6BrF4NO. The van der Waals surface area contributed by atoms with E-state index in [1.807, 2.05) is 0 Å². The molecule has 0 radical (unpaired) electrons. The number of nitrogen functional groups attached to an aromatic ring is 1. The van der Waals surface area contributed by atoms with Crippen LogP contribution in [-0.4, -0.2) is 6.29 Å². The van der Waals surface area contributed by atoms with Gasteiger partial charge in [0.05, 0.1) is 10.0 Å². The lowest BCUT2D eigenvalue weighted by Gasteiger charge is -2.13. The minimum absolute atomic E-state index is 0.241. The predicted molar refractivity (Wildman–Crippen MR) is 53.3 cm³/mol. The third-order valence-corrected chi connectivity index (χ3v) is 2.71. The number of nitrogens with two attached hydrogens (primary N) is 1. The average molecular weight is 300 g/mol. The number of hydrogen-bond acceptors (Lipinski definition) is 2. The molecule has 7 heteroatoms. The van der Waals surface area contributed by atoms with Gasteiger partial charge in [0.15, 0.2) is 0 Å². The van der Waals surface area contributed by atoms with E-state index < -0.39 is 22.0 Å². The van der Waals surface area contributed by atoms with Crippen molar-refractivity contribution >= 4 is 27.9 Å². The van der Waals surface area contributed by atoms with Crippen LogP contribution >= 0.6 is 15.9 Å². The van der Waals surface area contributed by atoms with Gasteiger partial charge in [-0.1, -0.05) is 0 Å². The highest BCUT2D eigenvalue weighted by Gasteiger charge is 2.35. The van der Waals surface area contributed by atoms with Crippen molar-refractivity contribution in [3.8, 4) is 0 Å². The maximum atomic E-state index is 13.5. The fourth-order valence-electron chi connectivity index (χ4n) is 1.18. The zero-order chi connectivity index (χ0) is 12.5. The quantitative estimate of drug-likeness (QED) is 0.518. The maximum Gasteiger partial charge on any atom is 0.417 e. The number of benzene rings is 1. The third kappa shape index (κ3) is 2.34. The van der Waals surface area contributed by atoms with E-state index in [1.165, 1.54) is 0 Å². The second-order valence-electron chi connectivity index (χ2n) is 2.99. The molecule has 0 aliphatic carbocycles. The predicted octanol–water partition coefficient (Wildman–Crippen LogP) is 2.93. The Bertz CT molecular complexity index is 430. The van der Waals surface area contributed by atoms with Gasteiger partial charge in [0.25, 0.3) is 0 Å². The summed E-state index contributed by atoms with van der Waals surface area (Å²) in [4.78, 5) is 10.2. The summed E-state index contributed by atoms with van der Waals surface area (Å²) in [5, 5.41) is 0. The lowest BCUT2D eigenvalue weighted by atomic mass is 10.1. The molecule has 1 rings (SSSR count). The Labute approximate surface area is 96.6 Å². The summed E-state index contributed by atoms with van der Waals surface area (Å²) >= 11 is 2.50. The number of hydrogen-bond donors (Lipinski definition) is 1. The summed E-state index contributed by atoms with van der Waals surface area (Å²) in [5.74, 6) is -1.15. The van der Waals surface area contributed by atoms with Gasteiger partial charge in [-0.25, -0.2) is 4.39 Å². The molecule has 1 aromatic carbocycles. The van der Waals surface area contributed by atoms with Gasteiger partial charge in [-0.2, -0.15) is 13.2 Å². The van der Waals surface area contributed by atoms with Crippen molar-refractivity contribution in [2.45, 2.75) is 12.6 Å². The highest BCUT2D eigenvalue weighted by Crippen LogP contribution is 2.39. The highest BCUT2D eigenvalue weighted by molar-refractivity contribution is 9.10. The highest BCUT2D eigenvalue weighted by atomic mass is 79.9. The summed E-state index contributed by atoms with van der Waals surface area (Å²) in [5.41, 5.74) is 3.43. The minimum Gasteiger partial charge on any atom is -0.398 e. The van der Waals surface area contributed by atoms with Crippen LogP contribution in [0.5, 0.6) is 0 Å². The topological polar surface area (TPSA) is 43.1 Å². The fraction of sp³-hybridized carbons (Fsp3) is 0.222. The Morgan fingerprint density at radius 1 is 1.44 bits per heavy atom. The molecule has 2 N–H and O–H groups in total. The van der Waals surface area contributed by atoms with Crippen LogP contribution in [0, 0.1) is 5.82 Å². The molecular weight excluding hydrogens is 294 g/mol. The fourth-order valence-corrected chi connectivity index (χ4v) is 1.76. The van der Waals surface area contributed by atoms with Gasteiger partial charge in [0.1, 0.15) is 12.1 Å². The lowest BCUT2D eigenvalue weighted by Crippen LogP contribution is -2.11. The van der Waals surface area contributed by atoms with Crippen molar-refractivity contribution in [1.29, 1.82) is 0 Å². The molecule has 0 heterocycles. The van der Waals surface area contributed by atoms with Crippen molar-refractivity contribution in [3.05, 3.63) is 27.5 Å². The summed E-state index contributed by atoms with van der Waals surface area (Å²) < 4.78 is 49.9. The van der Waals surface area contributed by atoms with Crippen molar-refractivity contribution in [2.75, 3.05) is 5.73 Å². The van der Waals surface area contributed by atoms with E-state index in [0.29, 0.717) is 12.4 Å². The molecule has 0 aliphatic rings. The molecule has 16 heavy (non-hydrogen) atoms. The summed E-state index contributed by atoms with van der Waals surface area (Å²) in [6.07, 6.45) is -4.70. The van der Waals surface area contributed by atoms with Gasteiger partial charge >= 0.3 is 6.18 Å². The van der Waals surface area contributed by atoms with Crippen molar-refractivity contribution in [3.63, 3.8) is 0 Å². The van der Waals surface area contributed by atoms with Crippen LogP contribution in [0.15, 0.2) is 10.5 Å². The molecule has 0 unspecified atom stereocenters. The SMILES string of the molecule is Nc1cc(C(F)(F)F)c(Br)c(F)c1CC=O. The maximum absolute atomic E-state index is 13.5. The van der Waals surface area contributed by atoms with Crippen LogP contribution in [0.3, 0.4) is 0 Å². The molecule has 88 valence electrons. The molecule has 0 spiro atoms. The van der Waals surface area contributed by atoms with Gasteiger partial charge in [-0.05, 0) is 22.0 Å². The Morgan fingerprint density at radius 2 is 2.00 bits per heavy atom. The number of alkyl halides is 3. The first-order valence-corrected chi connectivity index (χ1v) is 4.85. The first-order chi connectivity index (χ1) is 7.29. The van der Waals surface area contributed by atoms with E-state index in [2.05, 4.69) is 15.9 Å². The number of carbonyl (C=O) groups excluding carboxylic acids is 1. The molecule has 1 aromatic rings. The monoisotopic (exact) mass is 299 g/mol. The van der Waals surface area contributed by atoms with E-state index in [1.54, 1.807) is 0 Å². The van der Waals surface area contributed by atoms with Crippen LogP contribution in [0.4, 0.5) is 23.2 Å². The number of aldehydes is 1. The van der Waals surface area contributed by atoms with Crippen LogP contribution in [0.25, 0.3) is 0 Å². The zero-order valence-corrected chi connectivity index (χ0v) is 9.32. The van der Waals surface area contributed by atoms with Crippen LogP contribution < -0.4 is 5.73 Å². The molecule has 0 aromatic heterocycles. The van der Waals surface area contributed by atoms with Crippen molar-refractivity contribution in [1.82, 2.24) is 0 Å². The number of halogens is 5. The number of anilines is 1. The first-order valence-electron chi connectivity index (χ1n) is 4.06. The Kier molecular flexibility index (Phi) is 3.57. The van der Waals surface area contributed by atoms with Crippen molar-refractivity contribution < 1.29 is 22.4 Å². The van der Waals surface area contributed by atoms with E-state index in [-0.39, 0.29) is 17.7 Å². The molecule has 0 saturated carbocycles.